The Morgan fingerprint density at radius 3 is 2.22 bits per heavy atom. The van der Waals surface area contributed by atoms with Crippen LogP contribution in [0.4, 0.5) is 10.5 Å². The highest BCUT2D eigenvalue weighted by Crippen LogP contribution is 2.28. The van der Waals surface area contributed by atoms with E-state index < -0.39 is 23.3 Å². The van der Waals surface area contributed by atoms with Crippen LogP contribution in [0.5, 0.6) is 0 Å². The first-order valence-electron chi connectivity index (χ1n) is 5.29. The number of nitrogens with one attached hydrogen (secondary N) is 1. The summed E-state index contributed by atoms with van der Waals surface area (Å²) in [6.45, 7) is 2.99. The molecule has 1 fully saturated rings. The topological polar surface area (TPSA) is 66.5 Å². The van der Waals surface area contributed by atoms with Gasteiger partial charge in [0.15, 0.2) is 0 Å². The highest BCUT2D eigenvalue weighted by molar-refractivity contribution is 14.1. The summed E-state index contributed by atoms with van der Waals surface area (Å²) in [6.07, 6.45) is 0. The fourth-order valence-electron chi connectivity index (χ4n) is 1.60. The van der Waals surface area contributed by atoms with E-state index in [-0.39, 0.29) is 0 Å². The summed E-state index contributed by atoms with van der Waals surface area (Å²) in [5.74, 6) is -1.09. The lowest BCUT2D eigenvalue weighted by Crippen LogP contribution is -2.62. The van der Waals surface area contributed by atoms with Gasteiger partial charge in [0.1, 0.15) is 5.41 Å². The molecular weight excluding hydrogens is 347 g/mol. The maximum Gasteiger partial charge on any atom is 0.335 e. The van der Waals surface area contributed by atoms with Crippen molar-refractivity contribution in [1.82, 2.24) is 5.32 Å². The second-order valence-corrected chi connectivity index (χ2v) is 5.75. The number of carbonyl (C=O) groups excluding carboxylic acids is 3. The van der Waals surface area contributed by atoms with Gasteiger partial charge in [0, 0.05) is 3.57 Å². The molecule has 1 aromatic carbocycles. The predicted molar refractivity (Wildman–Crippen MR) is 74.0 cm³/mol. The van der Waals surface area contributed by atoms with Crippen LogP contribution in [0.25, 0.3) is 0 Å². The van der Waals surface area contributed by atoms with Gasteiger partial charge in [-0.3, -0.25) is 14.9 Å². The van der Waals surface area contributed by atoms with Gasteiger partial charge in [-0.25, -0.2) is 9.69 Å². The Kier molecular flexibility index (Phi) is 3.14. The third kappa shape index (κ3) is 2.00. The predicted octanol–water partition coefficient (Wildman–Crippen LogP) is 1.90. The van der Waals surface area contributed by atoms with Crippen molar-refractivity contribution < 1.29 is 14.4 Å². The molecule has 0 saturated carbocycles. The van der Waals surface area contributed by atoms with E-state index >= 15 is 0 Å². The molecule has 0 bridgehead atoms. The van der Waals surface area contributed by atoms with Crippen molar-refractivity contribution in [3.05, 3.63) is 27.8 Å². The van der Waals surface area contributed by atoms with Crippen molar-refractivity contribution in [2.24, 2.45) is 5.41 Å². The fraction of sp³-hybridized carbons (Fsp3) is 0.250. The van der Waals surface area contributed by atoms with Gasteiger partial charge in [-0.1, -0.05) is 0 Å². The summed E-state index contributed by atoms with van der Waals surface area (Å²) in [5, 5.41) is 2.19. The molecule has 0 atom stereocenters. The highest BCUT2D eigenvalue weighted by atomic mass is 127. The van der Waals surface area contributed by atoms with Crippen LogP contribution in [-0.4, -0.2) is 17.8 Å². The maximum atomic E-state index is 12.2. The number of nitrogens with zero attached hydrogens (tertiary/aromatic N) is 1. The summed E-state index contributed by atoms with van der Waals surface area (Å²) in [6, 6.07) is 6.22. The zero-order valence-electron chi connectivity index (χ0n) is 9.86. The van der Waals surface area contributed by atoms with E-state index in [1.165, 1.54) is 13.8 Å². The number of urea groups is 1. The molecule has 1 aromatic rings. The Morgan fingerprint density at radius 2 is 1.67 bits per heavy atom. The first-order chi connectivity index (χ1) is 8.34. The van der Waals surface area contributed by atoms with Crippen molar-refractivity contribution in [1.29, 1.82) is 0 Å². The Morgan fingerprint density at radius 1 is 1.11 bits per heavy atom. The molecule has 0 aliphatic carbocycles. The zero-order chi connectivity index (χ0) is 13.5. The largest absolute Gasteiger partial charge is 0.335 e. The van der Waals surface area contributed by atoms with E-state index in [1.807, 2.05) is 0 Å². The van der Waals surface area contributed by atoms with Crippen LogP contribution in [-0.2, 0) is 9.59 Å². The molecule has 5 nitrogen and oxygen atoms in total. The maximum absolute atomic E-state index is 12.2. The molecule has 94 valence electrons. The SMILES string of the molecule is CC1(C)C(=O)NC(=O)N(c2ccc(I)cc2)C1=O. The average molecular weight is 358 g/mol. The molecule has 0 radical (unpaired) electrons. The number of imide groups is 2. The average Bonchev–Trinajstić information content (AvgIpc) is 2.30. The fourth-order valence-corrected chi connectivity index (χ4v) is 1.96. The Balaban J connectivity index is 2.43. The lowest BCUT2D eigenvalue weighted by Gasteiger charge is -2.34. The molecule has 0 aromatic heterocycles. The van der Waals surface area contributed by atoms with Gasteiger partial charge < -0.3 is 0 Å². The molecule has 4 amide bonds. The summed E-state index contributed by atoms with van der Waals surface area (Å²) in [7, 11) is 0. The summed E-state index contributed by atoms with van der Waals surface area (Å²) in [5.41, 5.74) is -0.782. The van der Waals surface area contributed by atoms with Gasteiger partial charge in [-0.15, -0.1) is 0 Å². The number of anilines is 1. The van der Waals surface area contributed by atoms with Crippen molar-refractivity contribution in [3.63, 3.8) is 0 Å². The highest BCUT2D eigenvalue weighted by Gasteiger charge is 2.47. The zero-order valence-corrected chi connectivity index (χ0v) is 12.0. The Bertz CT molecular complexity index is 537. The van der Waals surface area contributed by atoms with Crippen molar-refractivity contribution >= 4 is 46.1 Å². The monoisotopic (exact) mass is 358 g/mol. The molecule has 6 heteroatoms. The van der Waals surface area contributed by atoms with E-state index in [0.717, 1.165) is 8.47 Å². The van der Waals surface area contributed by atoms with Crippen LogP contribution in [0, 0.1) is 8.99 Å². The third-order valence-electron chi connectivity index (χ3n) is 2.81. The van der Waals surface area contributed by atoms with Crippen molar-refractivity contribution in [2.75, 3.05) is 4.90 Å². The number of hydrogen-bond donors (Lipinski definition) is 1. The Labute approximate surface area is 118 Å². The molecule has 0 spiro atoms. The summed E-state index contributed by atoms with van der Waals surface area (Å²) in [4.78, 5) is 36.5. The van der Waals surface area contributed by atoms with Crippen LogP contribution < -0.4 is 10.2 Å². The molecular formula is C12H11IN2O3. The number of hydrogen-bond acceptors (Lipinski definition) is 3. The number of barbiturate groups is 1. The van der Waals surface area contributed by atoms with E-state index in [4.69, 9.17) is 0 Å². The molecule has 2 rings (SSSR count). The van der Waals surface area contributed by atoms with E-state index in [2.05, 4.69) is 27.9 Å². The lowest BCUT2D eigenvalue weighted by molar-refractivity contribution is -0.140. The number of rotatable bonds is 1. The normalized spacial score (nSPS) is 18.8. The van der Waals surface area contributed by atoms with Crippen LogP contribution in [0.1, 0.15) is 13.8 Å². The van der Waals surface area contributed by atoms with Gasteiger partial charge in [-0.05, 0) is 60.7 Å². The number of halogens is 1. The quantitative estimate of drug-likeness (QED) is 0.616. The van der Waals surface area contributed by atoms with E-state index in [1.54, 1.807) is 24.3 Å². The van der Waals surface area contributed by atoms with E-state index in [0.29, 0.717) is 5.69 Å². The minimum Gasteiger partial charge on any atom is -0.276 e. The number of amides is 4. The molecule has 1 heterocycles. The molecule has 1 aliphatic heterocycles. The number of benzene rings is 1. The lowest BCUT2D eigenvalue weighted by atomic mass is 9.88. The molecule has 1 N–H and O–H groups in total. The van der Waals surface area contributed by atoms with E-state index in [9.17, 15) is 14.4 Å². The number of carbonyl (C=O) groups is 3. The van der Waals surface area contributed by atoms with Crippen LogP contribution in [0.2, 0.25) is 0 Å². The Hall–Kier alpha value is -1.44. The van der Waals surface area contributed by atoms with Gasteiger partial charge in [0.2, 0.25) is 11.8 Å². The second-order valence-electron chi connectivity index (χ2n) is 4.50. The minimum absolute atomic E-state index is 0.457. The standard InChI is InChI=1S/C12H11IN2O3/c1-12(2)9(16)14-11(18)15(10(12)17)8-5-3-7(13)4-6-8/h3-6H,1-2H3,(H,14,16,18). The van der Waals surface area contributed by atoms with Gasteiger partial charge in [0.25, 0.3) is 0 Å². The molecule has 1 saturated heterocycles. The van der Waals surface area contributed by atoms with Gasteiger partial charge in [0.05, 0.1) is 5.69 Å². The van der Waals surface area contributed by atoms with Crippen LogP contribution in [0.3, 0.4) is 0 Å². The minimum atomic E-state index is -1.24. The van der Waals surface area contributed by atoms with Gasteiger partial charge in [-0.2, -0.15) is 0 Å². The van der Waals surface area contributed by atoms with Crippen LogP contribution >= 0.6 is 22.6 Å². The third-order valence-corrected chi connectivity index (χ3v) is 3.53. The summed E-state index contributed by atoms with van der Waals surface area (Å²) >= 11 is 2.13. The van der Waals surface area contributed by atoms with Gasteiger partial charge >= 0.3 is 6.03 Å². The first kappa shape index (κ1) is 13.0. The van der Waals surface area contributed by atoms with Crippen molar-refractivity contribution in [2.45, 2.75) is 13.8 Å². The van der Waals surface area contributed by atoms with Crippen molar-refractivity contribution in [3.8, 4) is 0 Å². The van der Waals surface area contributed by atoms with Crippen LogP contribution in [0.15, 0.2) is 24.3 Å². The smallest absolute Gasteiger partial charge is 0.276 e. The second kappa shape index (κ2) is 4.34. The first-order valence-corrected chi connectivity index (χ1v) is 6.37. The molecule has 0 unspecified atom stereocenters. The molecule has 1 aliphatic rings. The summed E-state index contributed by atoms with van der Waals surface area (Å²) < 4.78 is 0.997. The molecule has 18 heavy (non-hydrogen) atoms.